The maximum Gasteiger partial charge on any atom is 0.225 e. The molecule has 0 aliphatic heterocycles. The number of nitrogens with zero attached hydrogens (tertiary/aromatic N) is 4. The van der Waals surface area contributed by atoms with Crippen LogP contribution in [0.25, 0.3) is 0 Å². The molecule has 11 heteroatoms. The highest BCUT2D eigenvalue weighted by Gasteiger charge is 2.21. The van der Waals surface area contributed by atoms with Gasteiger partial charge in [0.15, 0.2) is 6.61 Å². The number of hydrogen-bond acceptors (Lipinski definition) is 9. The summed E-state index contributed by atoms with van der Waals surface area (Å²) in [5, 5.41) is 15.2. The van der Waals surface area contributed by atoms with Gasteiger partial charge in [-0.2, -0.15) is 5.53 Å². The van der Waals surface area contributed by atoms with Crippen LogP contribution < -0.4 is 10.6 Å². The van der Waals surface area contributed by atoms with Gasteiger partial charge in [-0.15, -0.1) is 11.8 Å². The summed E-state index contributed by atoms with van der Waals surface area (Å²) >= 11 is 1.57. The van der Waals surface area contributed by atoms with Crippen LogP contribution >= 0.6 is 11.8 Å². The van der Waals surface area contributed by atoms with Crippen LogP contribution in [0.2, 0.25) is 0 Å². The molecule has 2 aromatic rings. The molecule has 0 fully saturated rings. The lowest BCUT2D eigenvalue weighted by Crippen LogP contribution is -2.45. The van der Waals surface area contributed by atoms with Crippen LogP contribution in [0.5, 0.6) is 0 Å². The first kappa shape index (κ1) is 27.2. The molecule has 0 aliphatic rings. The molecule has 184 valence electrons. The van der Waals surface area contributed by atoms with E-state index in [0.717, 1.165) is 5.56 Å². The third kappa shape index (κ3) is 8.08. The zero-order valence-electron chi connectivity index (χ0n) is 20.2. The van der Waals surface area contributed by atoms with Crippen LogP contribution in [-0.4, -0.2) is 60.7 Å². The van der Waals surface area contributed by atoms with Crippen molar-refractivity contribution in [2.75, 3.05) is 32.8 Å². The Bertz CT molecular complexity index is 941. The number of pyridine rings is 1. The second-order valence-corrected chi connectivity index (χ2v) is 8.50. The molecule has 0 saturated heterocycles. The number of hydrogen-bond donors (Lipinski definition) is 3. The fourth-order valence-corrected chi connectivity index (χ4v) is 4.12. The van der Waals surface area contributed by atoms with E-state index in [0.29, 0.717) is 23.6 Å². The van der Waals surface area contributed by atoms with E-state index in [1.807, 2.05) is 43.5 Å². The second-order valence-electron chi connectivity index (χ2n) is 7.56. The quantitative estimate of drug-likeness (QED) is 0.160. The normalized spacial score (nSPS) is 14.1. The topological polar surface area (TPSA) is 124 Å². The zero-order valence-corrected chi connectivity index (χ0v) is 21.0. The summed E-state index contributed by atoms with van der Waals surface area (Å²) in [6, 6.07) is 14.9. The van der Waals surface area contributed by atoms with Crippen molar-refractivity contribution in [3.63, 3.8) is 0 Å². The van der Waals surface area contributed by atoms with Crippen LogP contribution in [0.15, 0.2) is 58.9 Å². The zero-order chi connectivity index (χ0) is 24.9. The summed E-state index contributed by atoms with van der Waals surface area (Å²) in [6.45, 7) is 2.08. The summed E-state index contributed by atoms with van der Waals surface area (Å²) in [5.41, 5.74) is 9.31. The number of rotatable bonds is 14. The van der Waals surface area contributed by atoms with E-state index < -0.39 is 6.17 Å². The Morgan fingerprint density at radius 2 is 1.97 bits per heavy atom. The Kier molecular flexibility index (Phi) is 11.4. The number of ether oxygens (including phenoxy) is 1. The molecular formula is C23H33N7O3S. The number of benzene rings is 1. The molecule has 1 aromatic carbocycles. The molecule has 0 aliphatic carbocycles. The summed E-state index contributed by atoms with van der Waals surface area (Å²) < 4.78 is 5.39. The minimum Gasteiger partial charge on any atom is -0.389 e. The van der Waals surface area contributed by atoms with E-state index in [1.54, 1.807) is 51.2 Å². The monoisotopic (exact) mass is 487 g/mol. The molecule has 1 aromatic heterocycles. The van der Waals surface area contributed by atoms with Gasteiger partial charge in [0.25, 0.3) is 0 Å². The van der Waals surface area contributed by atoms with E-state index in [9.17, 15) is 4.79 Å². The van der Waals surface area contributed by atoms with Crippen LogP contribution in [0.3, 0.4) is 0 Å². The number of amides is 1. The number of oxime groups is 1. The van der Waals surface area contributed by atoms with Crippen LogP contribution in [0, 0.1) is 11.4 Å². The van der Waals surface area contributed by atoms with Crippen LogP contribution in [0.1, 0.15) is 24.6 Å². The third-order valence-corrected chi connectivity index (χ3v) is 6.14. The molecule has 3 N–H and O–H groups in total. The molecule has 2 rings (SSSR count). The van der Waals surface area contributed by atoms with E-state index in [4.69, 9.17) is 15.1 Å². The molecule has 1 heterocycles. The summed E-state index contributed by atoms with van der Waals surface area (Å²) in [6.07, 6.45) is 1.82. The smallest absolute Gasteiger partial charge is 0.225 e. The van der Waals surface area contributed by atoms with Crippen molar-refractivity contribution < 1.29 is 14.4 Å². The molecule has 0 bridgehead atoms. The first-order chi connectivity index (χ1) is 16.4. The number of carbonyl (C=O) groups is 1. The van der Waals surface area contributed by atoms with Gasteiger partial charge in [0.05, 0.1) is 5.69 Å². The standard InChI is InChI=1S/C23H33N7O3S/c1-16(23(32-4)34-5)14-20(31)27-19-13-9-12-18(26-19)15-33-28-21(17-10-7-6-8-11-17)22(25-2)30(3)29-24/h6-13,16,22-25H,14-15H2,1-5H3,(H,26,27,31)/b28-21-,29-24?. The fourth-order valence-electron chi connectivity index (χ4n) is 3.37. The molecular weight excluding hydrogens is 454 g/mol. The molecule has 0 saturated carbocycles. The van der Waals surface area contributed by atoms with Gasteiger partial charge in [0.1, 0.15) is 23.1 Å². The first-order valence-electron chi connectivity index (χ1n) is 10.8. The summed E-state index contributed by atoms with van der Waals surface area (Å²) in [7, 11) is 5.08. The van der Waals surface area contributed by atoms with E-state index >= 15 is 0 Å². The Labute approximate surface area is 205 Å². The van der Waals surface area contributed by atoms with Crippen molar-refractivity contribution in [3.05, 3.63) is 59.8 Å². The van der Waals surface area contributed by atoms with Crippen molar-refractivity contribution >= 4 is 29.2 Å². The van der Waals surface area contributed by atoms with Gasteiger partial charge in [-0.3, -0.25) is 15.1 Å². The SMILES string of the molecule is CNC(/C(=N\OCc1cccc(NC(=O)CC(C)C(OC)SC)n1)c1ccccc1)N(C)N=N. The molecule has 3 atom stereocenters. The predicted octanol–water partition coefficient (Wildman–Crippen LogP) is 3.73. The number of likely N-dealkylation sites (N-methyl/N-ethyl adjacent to an activating group) is 2. The van der Waals surface area contributed by atoms with Crippen LogP contribution in [-0.2, 0) is 21.0 Å². The highest BCUT2D eigenvalue weighted by atomic mass is 32.2. The average molecular weight is 488 g/mol. The van der Waals surface area contributed by atoms with Crippen molar-refractivity contribution in [3.8, 4) is 0 Å². The molecule has 34 heavy (non-hydrogen) atoms. The van der Waals surface area contributed by atoms with Gasteiger partial charge >= 0.3 is 0 Å². The van der Waals surface area contributed by atoms with Crippen molar-refractivity contribution in [1.82, 2.24) is 15.3 Å². The summed E-state index contributed by atoms with van der Waals surface area (Å²) in [4.78, 5) is 22.5. The van der Waals surface area contributed by atoms with Crippen molar-refractivity contribution in [2.45, 2.75) is 31.6 Å². The number of methoxy groups -OCH3 is 1. The van der Waals surface area contributed by atoms with Gasteiger partial charge in [0, 0.05) is 32.1 Å². The molecule has 1 amide bonds. The third-order valence-electron chi connectivity index (χ3n) is 5.02. The number of aromatic nitrogens is 1. The Morgan fingerprint density at radius 3 is 2.59 bits per heavy atom. The highest BCUT2D eigenvalue weighted by Crippen LogP contribution is 2.21. The summed E-state index contributed by atoms with van der Waals surface area (Å²) in [5.74, 6) is 0.382. The predicted molar refractivity (Wildman–Crippen MR) is 134 cm³/mol. The van der Waals surface area contributed by atoms with Gasteiger partial charge in [0.2, 0.25) is 5.91 Å². The average Bonchev–Trinajstić information content (AvgIpc) is 2.84. The van der Waals surface area contributed by atoms with Gasteiger partial charge < -0.3 is 14.9 Å². The fraction of sp³-hybridized carbons (Fsp3) is 0.435. The number of nitrogens with one attached hydrogen (secondary N) is 3. The Balaban J connectivity index is 2.08. The maximum atomic E-state index is 12.4. The lowest BCUT2D eigenvalue weighted by molar-refractivity contribution is -0.117. The lowest BCUT2D eigenvalue weighted by atomic mass is 10.1. The largest absolute Gasteiger partial charge is 0.389 e. The number of carbonyl (C=O) groups excluding carboxylic acids is 1. The van der Waals surface area contributed by atoms with Crippen molar-refractivity contribution in [2.24, 2.45) is 16.3 Å². The first-order valence-corrected chi connectivity index (χ1v) is 12.1. The Morgan fingerprint density at radius 1 is 1.24 bits per heavy atom. The van der Waals surface area contributed by atoms with Crippen LogP contribution in [0.4, 0.5) is 5.82 Å². The molecule has 0 spiro atoms. The minimum absolute atomic E-state index is 0.0431. The number of anilines is 1. The van der Waals surface area contributed by atoms with E-state index in [-0.39, 0.29) is 23.9 Å². The molecule has 3 unspecified atom stereocenters. The van der Waals surface area contributed by atoms with Crippen molar-refractivity contribution in [1.29, 1.82) is 5.53 Å². The Hall–Kier alpha value is -3.02. The highest BCUT2D eigenvalue weighted by molar-refractivity contribution is 7.99. The lowest BCUT2D eigenvalue weighted by Gasteiger charge is -2.24. The van der Waals surface area contributed by atoms with E-state index in [1.165, 1.54) is 5.01 Å². The minimum atomic E-state index is -0.460. The number of thioether (sulfide) groups is 1. The van der Waals surface area contributed by atoms with Gasteiger partial charge in [-0.1, -0.05) is 53.7 Å². The maximum absolute atomic E-state index is 12.4. The van der Waals surface area contributed by atoms with E-state index in [2.05, 4.69) is 26.0 Å². The second kappa shape index (κ2) is 14.3. The van der Waals surface area contributed by atoms with Gasteiger partial charge in [-0.05, 0) is 25.4 Å². The van der Waals surface area contributed by atoms with Gasteiger partial charge in [-0.25, -0.2) is 4.98 Å². The molecule has 10 nitrogen and oxygen atoms in total. The molecule has 0 radical (unpaired) electrons.